The fourth-order valence-corrected chi connectivity index (χ4v) is 5.39. The lowest BCUT2D eigenvalue weighted by Gasteiger charge is -2.20. The summed E-state index contributed by atoms with van der Waals surface area (Å²) in [6.07, 6.45) is 7.30. The van der Waals surface area contributed by atoms with Gasteiger partial charge in [0.2, 0.25) is 0 Å². The van der Waals surface area contributed by atoms with Gasteiger partial charge in [-0.3, -0.25) is 9.89 Å². The number of amides is 1. The van der Waals surface area contributed by atoms with Gasteiger partial charge in [-0.25, -0.2) is 0 Å². The third-order valence-electron chi connectivity index (χ3n) is 7.31. The molecule has 1 fully saturated rings. The van der Waals surface area contributed by atoms with Crippen molar-refractivity contribution in [3.8, 4) is 11.5 Å². The lowest BCUT2D eigenvalue weighted by Crippen LogP contribution is -2.27. The molecular formula is C28H36N4O3. The molecule has 0 saturated heterocycles. The second-order valence-corrected chi connectivity index (χ2v) is 10.3. The summed E-state index contributed by atoms with van der Waals surface area (Å²) in [5, 5.41) is 22.5. The minimum absolute atomic E-state index is 0.00648. The Labute approximate surface area is 206 Å². The zero-order chi connectivity index (χ0) is 24.4. The van der Waals surface area contributed by atoms with E-state index in [1.54, 1.807) is 11.0 Å². The van der Waals surface area contributed by atoms with Gasteiger partial charge in [0.05, 0.1) is 16.8 Å². The number of aromatic hydroxyl groups is 1. The third-order valence-corrected chi connectivity index (χ3v) is 7.31. The SMILES string of the molecule is CC(C)NCCOc1ccc2c(c1)CN(C(=O)c1cc3c(CC4CCCCC4)n[nH]c3cc1O)C2. The van der Waals surface area contributed by atoms with Crippen LogP contribution in [-0.4, -0.2) is 45.3 Å². The van der Waals surface area contributed by atoms with Gasteiger partial charge in [-0.1, -0.05) is 52.0 Å². The highest BCUT2D eigenvalue weighted by Crippen LogP contribution is 2.33. The van der Waals surface area contributed by atoms with E-state index in [4.69, 9.17) is 4.74 Å². The van der Waals surface area contributed by atoms with Gasteiger partial charge in [0, 0.05) is 37.1 Å². The number of rotatable bonds is 8. The molecule has 2 aliphatic rings. The van der Waals surface area contributed by atoms with Gasteiger partial charge >= 0.3 is 0 Å². The summed E-state index contributed by atoms with van der Waals surface area (Å²) in [4.78, 5) is 15.2. The molecule has 0 spiro atoms. The number of carbonyl (C=O) groups excluding carboxylic acids is 1. The quantitative estimate of drug-likeness (QED) is 0.401. The smallest absolute Gasteiger partial charge is 0.258 e. The fraction of sp³-hybridized carbons (Fsp3) is 0.500. The second kappa shape index (κ2) is 10.3. The van der Waals surface area contributed by atoms with Gasteiger partial charge in [-0.15, -0.1) is 0 Å². The Kier molecular flexibility index (Phi) is 6.95. The molecule has 7 heteroatoms. The number of nitrogens with zero attached hydrogens (tertiary/aromatic N) is 2. The number of benzene rings is 2. The summed E-state index contributed by atoms with van der Waals surface area (Å²) in [6, 6.07) is 9.93. The molecule has 1 saturated carbocycles. The highest BCUT2D eigenvalue weighted by atomic mass is 16.5. The number of phenols is 1. The van der Waals surface area contributed by atoms with Crippen molar-refractivity contribution in [1.82, 2.24) is 20.4 Å². The standard InChI is InChI=1S/C28H36N4O3/c1-18(2)29-10-11-35-22-9-8-20-16-32(17-21(20)13-22)28(34)24-14-23-25(12-19-6-4-3-5-7-19)30-31-26(23)15-27(24)33/h8-9,13-15,18-19,29,33H,3-7,10-12,16-17H2,1-2H3,(H,30,31). The number of carbonyl (C=O) groups is 1. The highest BCUT2D eigenvalue weighted by molar-refractivity contribution is 6.01. The van der Waals surface area contributed by atoms with E-state index in [9.17, 15) is 9.90 Å². The Morgan fingerprint density at radius 2 is 1.97 bits per heavy atom. The van der Waals surface area contributed by atoms with Crippen molar-refractivity contribution in [3.05, 3.63) is 52.7 Å². The minimum atomic E-state index is -0.158. The van der Waals surface area contributed by atoms with Crippen LogP contribution in [0.15, 0.2) is 30.3 Å². The Balaban J connectivity index is 1.29. The third kappa shape index (κ3) is 5.30. The molecule has 3 aromatic rings. The normalized spacial score (nSPS) is 16.3. The molecule has 0 bridgehead atoms. The van der Waals surface area contributed by atoms with E-state index in [2.05, 4.69) is 29.4 Å². The Hall–Kier alpha value is -3.06. The molecule has 1 aliphatic heterocycles. The molecule has 1 aliphatic carbocycles. The molecule has 1 aromatic heterocycles. The highest BCUT2D eigenvalue weighted by Gasteiger charge is 2.27. The van der Waals surface area contributed by atoms with Crippen molar-refractivity contribution in [2.24, 2.45) is 5.92 Å². The Morgan fingerprint density at radius 1 is 1.17 bits per heavy atom. The Bertz CT molecular complexity index is 1200. The molecule has 0 radical (unpaired) electrons. The fourth-order valence-electron chi connectivity index (χ4n) is 5.39. The number of phenolic OH excluding ortho intramolecular Hbond substituents is 1. The number of fused-ring (bicyclic) bond motifs is 2. The molecule has 2 heterocycles. The first-order valence-corrected chi connectivity index (χ1v) is 12.9. The molecule has 2 aromatic carbocycles. The van der Waals surface area contributed by atoms with Gasteiger partial charge in [0.1, 0.15) is 18.1 Å². The number of hydrogen-bond acceptors (Lipinski definition) is 5. The summed E-state index contributed by atoms with van der Waals surface area (Å²) in [6.45, 7) is 6.65. The van der Waals surface area contributed by atoms with Crippen molar-refractivity contribution < 1.29 is 14.6 Å². The van der Waals surface area contributed by atoms with Crippen molar-refractivity contribution in [2.45, 2.75) is 71.5 Å². The van der Waals surface area contributed by atoms with E-state index in [1.807, 2.05) is 24.3 Å². The first-order chi connectivity index (χ1) is 17.0. The zero-order valence-electron chi connectivity index (χ0n) is 20.8. The maximum Gasteiger partial charge on any atom is 0.258 e. The summed E-state index contributed by atoms with van der Waals surface area (Å²) in [5.41, 5.74) is 4.33. The van der Waals surface area contributed by atoms with Crippen LogP contribution in [0.1, 0.15) is 73.1 Å². The predicted molar refractivity (Wildman–Crippen MR) is 137 cm³/mol. The van der Waals surface area contributed by atoms with Crippen molar-refractivity contribution in [3.63, 3.8) is 0 Å². The number of nitrogens with one attached hydrogen (secondary N) is 2. The minimum Gasteiger partial charge on any atom is -0.507 e. The van der Waals surface area contributed by atoms with E-state index in [1.165, 1.54) is 32.1 Å². The molecular weight excluding hydrogens is 440 g/mol. The van der Waals surface area contributed by atoms with Gasteiger partial charge < -0.3 is 20.1 Å². The van der Waals surface area contributed by atoms with E-state index < -0.39 is 0 Å². The molecule has 7 nitrogen and oxygen atoms in total. The van der Waals surface area contributed by atoms with Crippen LogP contribution in [0.5, 0.6) is 11.5 Å². The van der Waals surface area contributed by atoms with Crippen LogP contribution in [0.2, 0.25) is 0 Å². The van der Waals surface area contributed by atoms with Crippen molar-refractivity contribution >= 4 is 16.8 Å². The van der Waals surface area contributed by atoms with Crippen LogP contribution in [0, 0.1) is 5.92 Å². The lowest BCUT2D eigenvalue weighted by molar-refractivity contribution is 0.0748. The molecule has 0 unspecified atom stereocenters. The largest absolute Gasteiger partial charge is 0.507 e. The van der Waals surface area contributed by atoms with Crippen LogP contribution < -0.4 is 10.1 Å². The van der Waals surface area contributed by atoms with Gasteiger partial charge in [-0.05, 0) is 41.7 Å². The molecule has 35 heavy (non-hydrogen) atoms. The summed E-state index contributed by atoms with van der Waals surface area (Å²) in [5.74, 6) is 1.30. The van der Waals surface area contributed by atoms with Crippen molar-refractivity contribution in [2.75, 3.05) is 13.2 Å². The van der Waals surface area contributed by atoms with Crippen LogP contribution in [0.3, 0.4) is 0 Å². The number of aromatic amines is 1. The van der Waals surface area contributed by atoms with Gasteiger partial charge in [-0.2, -0.15) is 5.10 Å². The molecule has 0 atom stereocenters. The maximum absolute atomic E-state index is 13.5. The number of aromatic nitrogens is 2. The van der Waals surface area contributed by atoms with E-state index in [-0.39, 0.29) is 11.7 Å². The first kappa shape index (κ1) is 23.7. The number of ether oxygens (including phenoxy) is 1. The van der Waals surface area contributed by atoms with Crippen LogP contribution in [0.25, 0.3) is 10.9 Å². The molecule has 186 valence electrons. The van der Waals surface area contributed by atoms with Gasteiger partial charge in [0.25, 0.3) is 5.91 Å². The summed E-state index contributed by atoms with van der Waals surface area (Å²) in [7, 11) is 0. The number of H-pyrrole nitrogens is 1. The van der Waals surface area contributed by atoms with Gasteiger partial charge in [0.15, 0.2) is 0 Å². The predicted octanol–water partition coefficient (Wildman–Crippen LogP) is 4.92. The van der Waals surface area contributed by atoms with E-state index in [0.29, 0.717) is 37.2 Å². The molecule has 1 amide bonds. The molecule has 5 rings (SSSR count). The van der Waals surface area contributed by atoms with E-state index >= 15 is 0 Å². The molecule has 3 N–H and O–H groups in total. The first-order valence-electron chi connectivity index (χ1n) is 12.9. The Morgan fingerprint density at radius 3 is 2.77 bits per heavy atom. The average Bonchev–Trinajstić information content (AvgIpc) is 3.45. The lowest BCUT2D eigenvalue weighted by atomic mass is 9.85. The average molecular weight is 477 g/mol. The van der Waals surface area contributed by atoms with Crippen LogP contribution in [0.4, 0.5) is 0 Å². The van der Waals surface area contributed by atoms with E-state index in [0.717, 1.165) is 46.4 Å². The summed E-state index contributed by atoms with van der Waals surface area (Å²) < 4.78 is 5.88. The van der Waals surface area contributed by atoms with Crippen molar-refractivity contribution in [1.29, 1.82) is 0 Å². The van der Waals surface area contributed by atoms with Crippen LogP contribution >= 0.6 is 0 Å². The summed E-state index contributed by atoms with van der Waals surface area (Å²) >= 11 is 0. The number of hydrogen-bond donors (Lipinski definition) is 3. The monoisotopic (exact) mass is 476 g/mol. The maximum atomic E-state index is 13.5. The second-order valence-electron chi connectivity index (χ2n) is 10.3. The zero-order valence-corrected chi connectivity index (χ0v) is 20.8. The van der Waals surface area contributed by atoms with Crippen LogP contribution in [-0.2, 0) is 19.5 Å². The topological polar surface area (TPSA) is 90.5 Å².